The Kier molecular flexibility index (Phi) is 4.19. The monoisotopic (exact) mass is 325 g/mol. The van der Waals surface area contributed by atoms with Crippen molar-refractivity contribution in [3.05, 3.63) is 36.0 Å². The number of pyridine rings is 1. The molecule has 3 aliphatic rings. The van der Waals surface area contributed by atoms with E-state index in [0.29, 0.717) is 6.04 Å². The number of fused-ring (bicyclic) bond motifs is 4. The molecule has 4 heterocycles. The molecule has 1 aromatic heterocycles. The summed E-state index contributed by atoms with van der Waals surface area (Å²) in [7, 11) is 1.70. The number of piperidine rings is 3. The van der Waals surface area contributed by atoms with Gasteiger partial charge in [0.05, 0.1) is 12.6 Å². The summed E-state index contributed by atoms with van der Waals surface area (Å²) in [6.45, 7) is 4.74. The van der Waals surface area contributed by atoms with Crippen molar-refractivity contribution in [3.8, 4) is 5.75 Å². The van der Waals surface area contributed by atoms with E-state index in [1.807, 2.05) is 18.3 Å². The van der Waals surface area contributed by atoms with Gasteiger partial charge in [0.25, 0.3) is 0 Å². The van der Waals surface area contributed by atoms with Crippen LogP contribution in [0.1, 0.15) is 37.8 Å². The fourth-order valence-corrected chi connectivity index (χ4v) is 4.79. The third kappa shape index (κ3) is 2.58. The lowest BCUT2D eigenvalue weighted by molar-refractivity contribution is -0.0105. The van der Waals surface area contributed by atoms with Crippen LogP contribution in [0, 0.1) is 11.8 Å². The van der Waals surface area contributed by atoms with Gasteiger partial charge in [-0.05, 0) is 61.1 Å². The molecule has 2 bridgehead atoms. The average Bonchev–Trinajstić information content (AvgIpc) is 2.66. The van der Waals surface area contributed by atoms with Gasteiger partial charge in [0.2, 0.25) is 0 Å². The zero-order valence-electron chi connectivity index (χ0n) is 14.6. The third-order valence-electron chi connectivity index (χ3n) is 6.22. The normalized spacial score (nSPS) is 30.5. The van der Waals surface area contributed by atoms with E-state index >= 15 is 0 Å². The van der Waals surface area contributed by atoms with Crippen LogP contribution in [0.4, 0.5) is 0 Å². The van der Waals surface area contributed by atoms with Gasteiger partial charge in [-0.15, -0.1) is 0 Å². The largest absolute Gasteiger partial charge is 0.497 e. The maximum atomic E-state index is 6.79. The zero-order chi connectivity index (χ0) is 16.7. The number of hydrogen-bond donors (Lipinski definition) is 1. The summed E-state index contributed by atoms with van der Waals surface area (Å²) in [6.07, 6.45) is 5.74. The van der Waals surface area contributed by atoms with Crippen LogP contribution < -0.4 is 10.5 Å². The molecule has 5 rings (SSSR count). The molecule has 4 heteroatoms. The van der Waals surface area contributed by atoms with Crippen LogP contribution in [-0.4, -0.2) is 36.1 Å². The molecule has 128 valence electrons. The molecule has 3 aliphatic heterocycles. The summed E-state index contributed by atoms with van der Waals surface area (Å²) in [6, 6.07) is 8.62. The van der Waals surface area contributed by atoms with Crippen LogP contribution in [0.25, 0.3) is 10.9 Å². The molecule has 4 nitrogen and oxygen atoms in total. The molecule has 0 aliphatic carbocycles. The summed E-state index contributed by atoms with van der Waals surface area (Å²) in [5, 5.41) is 1.12. The fraction of sp³-hybridized carbons (Fsp3) is 0.550. The quantitative estimate of drug-likeness (QED) is 0.936. The second-order valence-electron chi connectivity index (χ2n) is 7.32. The van der Waals surface area contributed by atoms with Crippen molar-refractivity contribution in [2.75, 3.05) is 20.2 Å². The van der Waals surface area contributed by atoms with Crippen molar-refractivity contribution in [1.82, 2.24) is 9.88 Å². The lowest BCUT2D eigenvalue weighted by atomic mass is 9.72. The first kappa shape index (κ1) is 15.9. The topological polar surface area (TPSA) is 51.4 Å². The second kappa shape index (κ2) is 6.34. The molecule has 24 heavy (non-hydrogen) atoms. The summed E-state index contributed by atoms with van der Waals surface area (Å²) in [4.78, 5) is 7.12. The highest BCUT2D eigenvalue weighted by Crippen LogP contribution is 2.42. The molecule has 2 N–H and O–H groups in total. The number of benzene rings is 1. The Hall–Kier alpha value is -1.65. The van der Waals surface area contributed by atoms with E-state index < -0.39 is 0 Å². The highest BCUT2D eigenvalue weighted by Gasteiger charge is 2.41. The van der Waals surface area contributed by atoms with Gasteiger partial charge in [-0.3, -0.25) is 9.88 Å². The summed E-state index contributed by atoms with van der Waals surface area (Å²) in [5.74, 6) is 2.57. The van der Waals surface area contributed by atoms with E-state index in [4.69, 9.17) is 10.5 Å². The van der Waals surface area contributed by atoms with Crippen LogP contribution in [0.15, 0.2) is 30.5 Å². The minimum atomic E-state index is 0.0308. The van der Waals surface area contributed by atoms with Crippen molar-refractivity contribution in [1.29, 1.82) is 0 Å². The van der Waals surface area contributed by atoms with Gasteiger partial charge < -0.3 is 10.5 Å². The van der Waals surface area contributed by atoms with Crippen LogP contribution in [-0.2, 0) is 0 Å². The number of hydrogen-bond acceptors (Lipinski definition) is 4. The third-order valence-corrected chi connectivity index (χ3v) is 6.22. The molecule has 5 atom stereocenters. The zero-order valence-corrected chi connectivity index (χ0v) is 14.6. The van der Waals surface area contributed by atoms with E-state index in [9.17, 15) is 0 Å². The second-order valence-corrected chi connectivity index (χ2v) is 7.32. The van der Waals surface area contributed by atoms with Gasteiger partial charge in [0.15, 0.2) is 0 Å². The predicted octanol–water partition coefficient (Wildman–Crippen LogP) is 3.36. The Labute approximate surface area is 144 Å². The highest BCUT2D eigenvalue weighted by molar-refractivity contribution is 5.84. The first-order chi connectivity index (χ1) is 11.7. The van der Waals surface area contributed by atoms with E-state index in [-0.39, 0.29) is 6.04 Å². The fourth-order valence-electron chi connectivity index (χ4n) is 4.79. The van der Waals surface area contributed by atoms with Gasteiger partial charge in [0, 0.05) is 30.2 Å². The number of aromatic nitrogens is 1. The number of ether oxygens (including phenoxy) is 1. The van der Waals surface area contributed by atoms with Crippen LogP contribution >= 0.6 is 0 Å². The summed E-state index contributed by atoms with van der Waals surface area (Å²) in [5.41, 5.74) is 8.98. The molecule has 0 spiro atoms. The lowest BCUT2D eigenvalue weighted by Crippen LogP contribution is -2.56. The van der Waals surface area contributed by atoms with Crippen molar-refractivity contribution in [3.63, 3.8) is 0 Å². The molecule has 1 aromatic carbocycles. The van der Waals surface area contributed by atoms with Gasteiger partial charge in [-0.1, -0.05) is 13.3 Å². The van der Waals surface area contributed by atoms with E-state index in [0.717, 1.165) is 28.5 Å². The Morgan fingerprint density at radius 2 is 2.25 bits per heavy atom. The number of nitrogens with zero attached hydrogens (tertiary/aromatic N) is 2. The summed E-state index contributed by atoms with van der Waals surface area (Å²) < 4.78 is 5.40. The van der Waals surface area contributed by atoms with Gasteiger partial charge in [-0.2, -0.15) is 0 Å². The molecule has 0 amide bonds. The van der Waals surface area contributed by atoms with Crippen molar-refractivity contribution in [2.24, 2.45) is 17.6 Å². The minimum absolute atomic E-state index is 0.0308. The van der Waals surface area contributed by atoms with E-state index in [2.05, 4.69) is 28.9 Å². The Morgan fingerprint density at radius 1 is 1.38 bits per heavy atom. The standard InChI is InChI=1S/C20H27N3O/c1-3-13-12-23-9-7-14(13)10-19(23)20(21)16-6-8-22-18-5-4-15(24-2)11-17(16)18/h4-6,8,11,13-14,19-20H,3,7,9-10,12,21H2,1-2H3/t13-,14+,19+,20+/m1/s1. The predicted molar refractivity (Wildman–Crippen MR) is 97.1 cm³/mol. The van der Waals surface area contributed by atoms with Crippen LogP contribution in [0.2, 0.25) is 0 Å². The molecule has 0 radical (unpaired) electrons. The molecule has 3 saturated heterocycles. The van der Waals surface area contributed by atoms with Gasteiger partial charge >= 0.3 is 0 Å². The Morgan fingerprint density at radius 3 is 2.96 bits per heavy atom. The summed E-state index contributed by atoms with van der Waals surface area (Å²) >= 11 is 0. The molecule has 3 fully saturated rings. The SMILES string of the molecule is CC[C@@H]1CN2CC[C@H]1C[C@H]2[C@@H](N)c1ccnc2ccc(OC)cc12. The van der Waals surface area contributed by atoms with Gasteiger partial charge in [0.1, 0.15) is 5.75 Å². The smallest absolute Gasteiger partial charge is 0.119 e. The molecule has 2 aromatic rings. The first-order valence-electron chi connectivity index (χ1n) is 9.13. The average molecular weight is 325 g/mol. The van der Waals surface area contributed by atoms with Crippen molar-refractivity contribution >= 4 is 10.9 Å². The number of nitrogens with two attached hydrogens (primary N) is 1. The Bertz CT molecular complexity index is 732. The maximum absolute atomic E-state index is 6.79. The molecular weight excluding hydrogens is 298 g/mol. The molecular formula is C20H27N3O. The molecule has 1 unspecified atom stereocenters. The Balaban J connectivity index is 1.68. The first-order valence-corrected chi connectivity index (χ1v) is 9.13. The number of methoxy groups -OCH3 is 1. The molecule has 0 saturated carbocycles. The van der Waals surface area contributed by atoms with E-state index in [1.54, 1.807) is 7.11 Å². The van der Waals surface area contributed by atoms with Crippen molar-refractivity contribution < 1.29 is 4.74 Å². The van der Waals surface area contributed by atoms with Gasteiger partial charge in [-0.25, -0.2) is 0 Å². The van der Waals surface area contributed by atoms with Crippen molar-refractivity contribution in [2.45, 2.75) is 38.3 Å². The highest BCUT2D eigenvalue weighted by atomic mass is 16.5. The van der Waals surface area contributed by atoms with Crippen LogP contribution in [0.3, 0.4) is 0 Å². The number of rotatable bonds is 4. The lowest BCUT2D eigenvalue weighted by Gasteiger charge is -2.51. The van der Waals surface area contributed by atoms with E-state index in [1.165, 1.54) is 37.9 Å². The minimum Gasteiger partial charge on any atom is -0.497 e. The maximum Gasteiger partial charge on any atom is 0.119 e. The van der Waals surface area contributed by atoms with Crippen LogP contribution in [0.5, 0.6) is 5.75 Å².